The molecule has 1 aromatic rings. The van der Waals surface area contributed by atoms with Gasteiger partial charge in [-0.2, -0.15) is 0 Å². The molecule has 0 spiro atoms. The highest BCUT2D eigenvalue weighted by Gasteiger charge is 2.39. The van der Waals surface area contributed by atoms with Gasteiger partial charge in [-0.3, -0.25) is 14.5 Å². The van der Waals surface area contributed by atoms with Crippen molar-refractivity contribution in [3.63, 3.8) is 0 Å². The Balaban J connectivity index is 1.98. The molecule has 0 radical (unpaired) electrons. The van der Waals surface area contributed by atoms with Gasteiger partial charge in [-0.25, -0.2) is 0 Å². The summed E-state index contributed by atoms with van der Waals surface area (Å²) in [6.07, 6.45) is 0.705. The van der Waals surface area contributed by atoms with Crippen LogP contribution in [0.15, 0.2) is 24.3 Å². The van der Waals surface area contributed by atoms with Crippen molar-refractivity contribution in [1.82, 2.24) is 4.90 Å². The number of Topliss-reactive ketones (excluding diaryl/α,β-unsaturated/α-hetero) is 1. The first-order valence-corrected chi connectivity index (χ1v) is 6.59. The number of amides is 1. The Bertz CT molecular complexity index is 501. The molecule has 19 heavy (non-hydrogen) atoms. The van der Waals surface area contributed by atoms with Crippen molar-refractivity contribution >= 4 is 23.3 Å². The summed E-state index contributed by atoms with van der Waals surface area (Å²) in [5.74, 6) is -0.265. The Morgan fingerprint density at radius 3 is 2.53 bits per heavy atom. The number of nitrogens with zero attached hydrogens (tertiary/aromatic N) is 1. The third kappa shape index (κ3) is 3.14. The number of carbonyl (C=O) groups excluding carboxylic acids is 2. The molecule has 1 aliphatic heterocycles. The molecule has 1 aromatic carbocycles. The molecule has 2 rings (SSSR count). The van der Waals surface area contributed by atoms with Gasteiger partial charge >= 0.3 is 0 Å². The third-order valence-corrected chi connectivity index (χ3v) is 3.93. The average molecular weight is 281 g/mol. The number of halogens is 1. The van der Waals surface area contributed by atoms with Gasteiger partial charge in [0.05, 0.1) is 12.0 Å². The Morgan fingerprint density at radius 1 is 1.37 bits per heavy atom. The van der Waals surface area contributed by atoms with Gasteiger partial charge in [-0.1, -0.05) is 11.6 Å². The number of likely N-dealkylation sites (tertiary alicyclic amines) is 1. The Kier molecular flexibility index (Phi) is 3.92. The maximum atomic E-state index is 12.1. The molecule has 1 heterocycles. The molecule has 4 nitrogen and oxygen atoms in total. The molecule has 1 amide bonds. The predicted molar refractivity (Wildman–Crippen MR) is 74.1 cm³/mol. The van der Waals surface area contributed by atoms with Crippen LogP contribution in [0.25, 0.3) is 0 Å². The van der Waals surface area contributed by atoms with E-state index in [0.29, 0.717) is 30.1 Å². The summed E-state index contributed by atoms with van der Waals surface area (Å²) >= 11 is 5.79. The molecule has 1 atom stereocenters. The molecule has 1 saturated heterocycles. The number of hydrogen-bond acceptors (Lipinski definition) is 3. The summed E-state index contributed by atoms with van der Waals surface area (Å²) in [6, 6.07) is 6.83. The van der Waals surface area contributed by atoms with Crippen molar-refractivity contribution in [2.24, 2.45) is 11.1 Å². The van der Waals surface area contributed by atoms with Gasteiger partial charge in [0, 0.05) is 17.1 Å². The standard InChI is InChI=1S/C14H17ClN2O2/c1-14(13(16)19)6-7-17(9-14)8-12(18)10-2-4-11(15)5-3-10/h2-5H,6-9H2,1H3,(H2,16,19). The van der Waals surface area contributed by atoms with Gasteiger partial charge < -0.3 is 5.73 Å². The van der Waals surface area contributed by atoms with Crippen molar-refractivity contribution in [3.8, 4) is 0 Å². The van der Waals surface area contributed by atoms with Crippen molar-refractivity contribution in [2.75, 3.05) is 19.6 Å². The highest BCUT2D eigenvalue weighted by molar-refractivity contribution is 6.30. The van der Waals surface area contributed by atoms with E-state index in [9.17, 15) is 9.59 Å². The van der Waals surface area contributed by atoms with E-state index >= 15 is 0 Å². The van der Waals surface area contributed by atoms with E-state index in [1.165, 1.54) is 0 Å². The summed E-state index contributed by atoms with van der Waals surface area (Å²) in [4.78, 5) is 25.4. The van der Waals surface area contributed by atoms with E-state index in [0.717, 1.165) is 6.54 Å². The Labute approximate surface area is 117 Å². The SMILES string of the molecule is CC1(C(N)=O)CCN(CC(=O)c2ccc(Cl)cc2)C1. The van der Waals surface area contributed by atoms with E-state index in [-0.39, 0.29) is 11.7 Å². The largest absolute Gasteiger partial charge is 0.369 e. The molecule has 0 saturated carbocycles. The minimum atomic E-state index is -0.514. The zero-order valence-corrected chi connectivity index (χ0v) is 11.6. The average Bonchev–Trinajstić information content (AvgIpc) is 2.73. The fourth-order valence-electron chi connectivity index (χ4n) is 2.32. The fourth-order valence-corrected chi connectivity index (χ4v) is 2.45. The molecular weight excluding hydrogens is 264 g/mol. The van der Waals surface area contributed by atoms with Crippen LogP contribution in [0.4, 0.5) is 0 Å². The number of benzene rings is 1. The lowest BCUT2D eigenvalue weighted by molar-refractivity contribution is -0.126. The third-order valence-electron chi connectivity index (χ3n) is 3.68. The molecule has 0 aromatic heterocycles. The van der Waals surface area contributed by atoms with Crippen LogP contribution in [-0.4, -0.2) is 36.2 Å². The van der Waals surface area contributed by atoms with Gasteiger partial charge in [0.1, 0.15) is 0 Å². The normalized spacial score (nSPS) is 23.5. The van der Waals surface area contributed by atoms with E-state index < -0.39 is 5.41 Å². The van der Waals surface area contributed by atoms with Crippen LogP contribution in [0, 0.1) is 5.41 Å². The minimum absolute atomic E-state index is 0.0328. The molecule has 0 bridgehead atoms. The summed E-state index contributed by atoms with van der Waals surface area (Å²) in [5, 5.41) is 0.610. The second kappa shape index (κ2) is 5.31. The number of rotatable bonds is 4. The molecule has 1 unspecified atom stereocenters. The highest BCUT2D eigenvalue weighted by Crippen LogP contribution is 2.29. The number of nitrogens with two attached hydrogens (primary N) is 1. The van der Waals surface area contributed by atoms with Gasteiger partial charge in [0.15, 0.2) is 5.78 Å². The van der Waals surface area contributed by atoms with Gasteiger partial charge in [-0.15, -0.1) is 0 Å². The zero-order valence-electron chi connectivity index (χ0n) is 10.9. The molecular formula is C14H17ClN2O2. The summed E-state index contributed by atoms with van der Waals surface area (Å²) in [5.41, 5.74) is 5.51. The van der Waals surface area contributed by atoms with Gasteiger partial charge in [0.25, 0.3) is 0 Å². The van der Waals surface area contributed by atoms with Crippen molar-refractivity contribution in [3.05, 3.63) is 34.9 Å². The first-order valence-electron chi connectivity index (χ1n) is 6.22. The lowest BCUT2D eigenvalue weighted by Gasteiger charge is -2.20. The van der Waals surface area contributed by atoms with Crippen LogP contribution in [0.5, 0.6) is 0 Å². The monoisotopic (exact) mass is 280 g/mol. The Hall–Kier alpha value is -1.39. The zero-order chi connectivity index (χ0) is 14.0. The number of carbonyl (C=O) groups is 2. The highest BCUT2D eigenvalue weighted by atomic mass is 35.5. The van der Waals surface area contributed by atoms with Crippen molar-refractivity contribution < 1.29 is 9.59 Å². The van der Waals surface area contributed by atoms with E-state index in [1.807, 2.05) is 11.8 Å². The topological polar surface area (TPSA) is 63.4 Å². The molecule has 1 fully saturated rings. The van der Waals surface area contributed by atoms with Crippen LogP contribution in [0.1, 0.15) is 23.7 Å². The van der Waals surface area contributed by atoms with Crippen LogP contribution in [-0.2, 0) is 4.79 Å². The summed E-state index contributed by atoms with van der Waals surface area (Å²) in [6.45, 7) is 3.42. The molecule has 102 valence electrons. The van der Waals surface area contributed by atoms with Crippen molar-refractivity contribution in [2.45, 2.75) is 13.3 Å². The second-order valence-electron chi connectivity index (χ2n) is 5.32. The van der Waals surface area contributed by atoms with Crippen LogP contribution >= 0.6 is 11.6 Å². The molecule has 2 N–H and O–H groups in total. The second-order valence-corrected chi connectivity index (χ2v) is 5.75. The summed E-state index contributed by atoms with van der Waals surface area (Å²) < 4.78 is 0. The molecule has 5 heteroatoms. The van der Waals surface area contributed by atoms with E-state index in [2.05, 4.69) is 0 Å². The van der Waals surface area contributed by atoms with Gasteiger partial charge in [0.2, 0.25) is 5.91 Å². The maximum absolute atomic E-state index is 12.1. The van der Waals surface area contributed by atoms with Crippen LogP contribution < -0.4 is 5.73 Å². The maximum Gasteiger partial charge on any atom is 0.224 e. The fraction of sp³-hybridized carbons (Fsp3) is 0.429. The first-order chi connectivity index (χ1) is 8.90. The first kappa shape index (κ1) is 14.0. The van der Waals surface area contributed by atoms with Crippen LogP contribution in [0.3, 0.4) is 0 Å². The van der Waals surface area contributed by atoms with E-state index in [1.54, 1.807) is 24.3 Å². The lowest BCUT2D eigenvalue weighted by atomic mass is 9.89. The molecule has 0 aliphatic carbocycles. The van der Waals surface area contributed by atoms with Gasteiger partial charge in [-0.05, 0) is 44.2 Å². The van der Waals surface area contributed by atoms with E-state index in [4.69, 9.17) is 17.3 Å². The quantitative estimate of drug-likeness (QED) is 0.854. The lowest BCUT2D eigenvalue weighted by Crippen LogP contribution is -2.38. The predicted octanol–water partition coefficient (Wildman–Crippen LogP) is 1.72. The smallest absolute Gasteiger partial charge is 0.224 e. The Morgan fingerprint density at radius 2 is 2.00 bits per heavy atom. The number of ketones is 1. The summed E-state index contributed by atoms with van der Waals surface area (Å²) in [7, 11) is 0. The minimum Gasteiger partial charge on any atom is -0.369 e. The number of primary amides is 1. The van der Waals surface area contributed by atoms with Crippen molar-refractivity contribution in [1.29, 1.82) is 0 Å². The number of hydrogen-bond donors (Lipinski definition) is 1. The van der Waals surface area contributed by atoms with Crippen LogP contribution in [0.2, 0.25) is 5.02 Å². The molecule has 1 aliphatic rings.